The summed E-state index contributed by atoms with van der Waals surface area (Å²) in [5, 5.41) is 8.88. The zero-order valence-electron chi connectivity index (χ0n) is 12.0. The summed E-state index contributed by atoms with van der Waals surface area (Å²) in [4.78, 5) is 25.4. The van der Waals surface area contributed by atoms with Crippen molar-refractivity contribution in [3.63, 3.8) is 0 Å². The van der Waals surface area contributed by atoms with Gasteiger partial charge < -0.3 is 10.0 Å². The molecule has 108 valence electrons. The number of hydrogen-bond acceptors (Lipinski definition) is 2. The maximum absolute atomic E-state index is 12.6. The van der Waals surface area contributed by atoms with E-state index in [1.807, 2.05) is 4.90 Å². The fourth-order valence-corrected chi connectivity index (χ4v) is 2.82. The smallest absolute Gasteiger partial charge is 0.335 e. The van der Waals surface area contributed by atoms with Crippen molar-refractivity contribution >= 4 is 11.9 Å². The molecule has 1 aromatic carbocycles. The lowest BCUT2D eigenvalue weighted by atomic mass is 9.92. The van der Waals surface area contributed by atoms with Crippen LogP contribution in [0.2, 0.25) is 0 Å². The van der Waals surface area contributed by atoms with Crippen molar-refractivity contribution in [2.45, 2.75) is 39.2 Å². The van der Waals surface area contributed by atoms with Gasteiger partial charge in [0.1, 0.15) is 0 Å². The van der Waals surface area contributed by atoms with Crippen LogP contribution in [-0.4, -0.2) is 34.5 Å². The first-order chi connectivity index (χ1) is 9.50. The maximum Gasteiger partial charge on any atom is 0.335 e. The van der Waals surface area contributed by atoms with E-state index in [9.17, 15) is 9.59 Å². The van der Waals surface area contributed by atoms with E-state index >= 15 is 0 Å². The van der Waals surface area contributed by atoms with Crippen LogP contribution in [0.4, 0.5) is 0 Å². The predicted octanol–water partition coefficient (Wildman–Crippen LogP) is 3.04. The Morgan fingerprint density at radius 1 is 1.15 bits per heavy atom. The van der Waals surface area contributed by atoms with Crippen LogP contribution in [0.15, 0.2) is 24.3 Å². The van der Waals surface area contributed by atoms with Crippen molar-refractivity contribution in [1.82, 2.24) is 4.90 Å². The highest BCUT2D eigenvalue weighted by Crippen LogP contribution is 2.25. The Labute approximate surface area is 119 Å². The molecule has 0 aliphatic carbocycles. The van der Waals surface area contributed by atoms with Gasteiger partial charge in [-0.15, -0.1) is 0 Å². The standard InChI is InChI=1S/C16H21NO3/c1-11(2)14-5-3-4-10-17(14)15(18)12-6-8-13(9-7-12)16(19)20/h6-9,11,14H,3-5,10H2,1-2H3,(H,19,20). The molecule has 1 unspecified atom stereocenters. The Kier molecular flexibility index (Phi) is 4.42. The number of hydrogen-bond donors (Lipinski definition) is 1. The molecule has 1 N–H and O–H groups in total. The van der Waals surface area contributed by atoms with Crippen LogP contribution in [0.5, 0.6) is 0 Å². The lowest BCUT2D eigenvalue weighted by molar-refractivity contribution is 0.0542. The lowest BCUT2D eigenvalue weighted by Gasteiger charge is -2.38. The number of carbonyl (C=O) groups is 2. The van der Waals surface area contributed by atoms with Gasteiger partial charge in [0, 0.05) is 18.2 Å². The molecule has 1 fully saturated rings. The van der Waals surface area contributed by atoms with Crippen LogP contribution in [0.1, 0.15) is 53.8 Å². The number of aromatic carboxylic acids is 1. The van der Waals surface area contributed by atoms with Gasteiger partial charge in [-0.2, -0.15) is 0 Å². The molecule has 20 heavy (non-hydrogen) atoms. The molecular formula is C16H21NO3. The van der Waals surface area contributed by atoms with Gasteiger partial charge in [0.15, 0.2) is 0 Å². The zero-order chi connectivity index (χ0) is 14.7. The molecule has 4 nitrogen and oxygen atoms in total. The first kappa shape index (κ1) is 14.6. The third-order valence-electron chi connectivity index (χ3n) is 3.96. The number of carboxylic acids is 1. The molecule has 0 saturated carbocycles. The van der Waals surface area contributed by atoms with Gasteiger partial charge in [-0.3, -0.25) is 4.79 Å². The molecular weight excluding hydrogens is 254 g/mol. The summed E-state index contributed by atoms with van der Waals surface area (Å²) in [6.07, 6.45) is 3.27. The number of rotatable bonds is 3. The first-order valence-electron chi connectivity index (χ1n) is 7.15. The fourth-order valence-electron chi connectivity index (χ4n) is 2.82. The van der Waals surface area contributed by atoms with E-state index in [1.165, 1.54) is 18.6 Å². The average molecular weight is 275 g/mol. The van der Waals surface area contributed by atoms with Crippen LogP contribution < -0.4 is 0 Å². The van der Waals surface area contributed by atoms with E-state index in [0.717, 1.165) is 19.4 Å². The Morgan fingerprint density at radius 3 is 2.30 bits per heavy atom. The highest BCUT2D eigenvalue weighted by molar-refractivity contribution is 5.96. The average Bonchev–Trinajstić information content (AvgIpc) is 2.46. The van der Waals surface area contributed by atoms with Crippen molar-refractivity contribution in [3.05, 3.63) is 35.4 Å². The second-order valence-corrected chi connectivity index (χ2v) is 5.69. The zero-order valence-corrected chi connectivity index (χ0v) is 12.0. The SMILES string of the molecule is CC(C)C1CCCCN1C(=O)c1ccc(C(=O)O)cc1. The van der Waals surface area contributed by atoms with Gasteiger partial charge in [-0.1, -0.05) is 13.8 Å². The van der Waals surface area contributed by atoms with Gasteiger partial charge in [-0.25, -0.2) is 4.79 Å². The largest absolute Gasteiger partial charge is 0.478 e. The van der Waals surface area contributed by atoms with E-state index < -0.39 is 5.97 Å². The number of carboxylic acid groups (broad SMARTS) is 1. The highest BCUT2D eigenvalue weighted by Gasteiger charge is 2.29. The van der Waals surface area contributed by atoms with E-state index in [-0.39, 0.29) is 17.5 Å². The van der Waals surface area contributed by atoms with Crippen molar-refractivity contribution in [2.24, 2.45) is 5.92 Å². The van der Waals surface area contributed by atoms with Crippen molar-refractivity contribution in [2.75, 3.05) is 6.54 Å². The first-order valence-corrected chi connectivity index (χ1v) is 7.15. The fraction of sp³-hybridized carbons (Fsp3) is 0.500. The third-order valence-corrected chi connectivity index (χ3v) is 3.96. The second kappa shape index (κ2) is 6.07. The predicted molar refractivity (Wildman–Crippen MR) is 76.9 cm³/mol. The van der Waals surface area contributed by atoms with E-state index in [2.05, 4.69) is 13.8 Å². The molecule has 4 heteroatoms. The molecule has 1 heterocycles. The summed E-state index contributed by atoms with van der Waals surface area (Å²) in [7, 11) is 0. The molecule has 1 atom stereocenters. The van der Waals surface area contributed by atoms with Gasteiger partial charge in [0.25, 0.3) is 5.91 Å². The molecule has 1 aliphatic heterocycles. The maximum atomic E-state index is 12.6. The quantitative estimate of drug-likeness (QED) is 0.922. The summed E-state index contributed by atoms with van der Waals surface area (Å²) < 4.78 is 0. The molecule has 1 amide bonds. The summed E-state index contributed by atoms with van der Waals surface area (Å²) in [6.45, 7) is 5.08. The number of likely N-dealkylation sites (tertiary alicyclic amines) is 1. The minimum atomic E-state index is -0.970. The lowest BCUT2D eigenvalue weighted by Crippen LogP contribution is -2.46. The van der Waals surface area contributed by atoms with Crippen LogP contribution in [0.3, 0.4) is 0 Å². The van der Waals surface area contributed by atoms with Gasteiger partial charge in [0.2, 0.25) is 0 Å². The van der Waals surface area contributed by atoms with E-state index in [0.29, 0.717) is 11.5 Å². The Morgan fingerprint density at radius 2 is 1.75 bits per heavy atom. The second-order valence-electron chi connectivity index (χ2n) is 5.69. The van der Waals surface area contributed by atoms with Gasteiger partial charge in [0.05, 0.1) is 5.56 Å². The van der Waals surface area contributed by atoms with Crippen LogP contribution in [0, 0.1) is 5.92 Å². The highest BCUT2D eigenvalue weighted by atomic mass is 16.4. The molecule has 0 aromatic heterocycles. The monoisotopic (exact) mass is 275 g/mol. The molecule has 2 rings (SSSR count). The van der Waals surface area contributed by atoms with Crippen molar-refractivity contribution in [3.8, 4) is 0 Å². The van der Waals surface area contributed by atoms with Crippen LogP contribution >= 0.6 is 0 Å². The van der Waals surface area contributed by atoms with Crippen LogP contribution in [0.25, 0.3) is 0 Å². The molecule has 1 aliphatic rings. The minimum absolute atomic E-state index is 0.0142. The molecule has 0 spiro atoms. The van der Waals surface area contributed by atoms with Crippen molar-refractivity contribution in [1.29, 1.82) is 0 Å². The molecule has 1 saturated heterocycles. The Hall–Kier alpha value is -1.84. The third kappa shape index (κ3) is 3.00. The summed E-state index contributed by atoms with van der Waals surface area (Å²) >= 11 is 0. The summed E-state index contributed by atoms with van der Waals surface area (Å²) in [5.41, 5.74) is 0.781. The summed E-state index contributed by atoms with van der Waals surface area (Å²) in [5.74, 6) is -0.514. The number of nitrogens with zero attached hydrogens (tertiary/aromatic N) is 1. The minimum Gasteiger partial charge on any atom is -0.478 e. The number of piperidine rings is 1. The number of amides is 1. The van der Waals surface area contributed by atoms with Crippen LogP contribution in [-0.2, 0) is 0 Å². The van der Waals surface area contributed by atoms with E-state index in [1.54, 1.807) is 12.1 Å². The van der Waals surface area contributed by atoms with Gasteiger partial charge in [-0.05, 0) is 49.4 Å². The Balaban J connectivity index is 2.18. The van der Waals surface area contributed by atoms with Crippen molar-refractivity contribution < 1.29 is 14.7 Å². The topological polar surface area (TPSA) is 57.6 Å². The molecule has 0 radical (unpaired) electrons. The number of carbonyl (C=O) groups excluding carboxylic acids is 1. The van der Waals surface area contributed by atoms with Gasteiger partial charge >= 0.3 is 5.97 Å². The molecule has 1 aromatic rings. The summed E-state index contributed by atoms with van der Waals surface area (Å²) in [6, 6.07) is 6.49. The molecule has 0 bridgehead atoms. The number of benzene rings is 1. The normalized spacial score (nSPS) is 19.1. The Bertz CT molecular complexity index is 493. The van der Waals surface area contributed by atoms with E-state index in [4.69, 9.17) is 5.11 Å².